The predicted octanol–water partition coefficient (Wildman–Crippen LogP) is 3.46. The number of carboxylic acids is 1. The maximum absolute atomic E-state index is 11.1. The molecule has 3 heteroatoms. The summed E-state index contributed by atoms with van der Waals surface area (Å²) in [5.74, 6) is -0.606. The van der Waals surface area contributed by atoms with E-state index in [1.54, 1.807) is 18.3 Å². The largest absolute Gasteiger partial charge is 0.478 e. The molecule has 1 heterocycles. The molecule has 1 N–H and O–H groups in total. The summed E-state index contributed by atoms with van der Waals surface area (Å²) in [7, 11) is 0. The third-order valence-corrected chi connectivity index (χ3v) is 2.85. The van der Waals surface area contributed by atoms with E-state index in [2.05, 4.69) is 18.8 Å². The number of pyridine rings is 1. The van der Waals surface area contributed by atoms with Crippen molar-refractivity contribution in [2.45, 2.75) is 45.4 Å². The Morgan fingerprint density at radius 2 is 2.25 bits per heavy atom. The van der Waals surface area contributed by atoms with Crippen molar-refractivity contribution in [3.8, 4) is 0 Å². The van der Waals surface area contributed by atoms with Crippen LogP contribution in [0.3, 0.4) is 0 Å². The minimum atomic E-state index is -0.877. The lowest BCUT2D eigenvalue weighted by molar-refractivity contribution is 0.0694. The maximum Gasteiger partial charge on any atom is 0.337 e. The molecule has 0 spiro atoms. The van der Waals surface area contributed by atoms with E-state index in [-0.39, 0.29) is 5.92 Å². The number of carbonyl (C=O) groups is 1. The van der Waals surface area contributed by atoms with E-state index in [0.29, 0.717) is 5.56 Å². The highest BCUT2D eigenvalue weighted by molar-refractivity contribution is 5.88. The molecule has 0 bridgehead atoms. The summed E-state index contributed by atoms with van der Waals surface area (Å²) in [6, 6.07) is 3.32. The molecule has 1 atom stereocenters. The predicted molar refractivity (Wildman–Crippen MR) is 63.8 cm³/mol. The number of hydrogen-bond donors (Lipinski definition) is 1. The normalized spacial score (nSPS) is 12.4. The van der Waals surface area contributed by atoms with E-state index in [0.717, 1.165) is 31.4 Å². The number of rotatable bonds is 6. The molecule has 0 fully saturated rings. The molecule has 0 aromatic carbocycles. The summed E-state index contributed by atoms with van der Waals surface area (Å²) < 4.78 is 0. The molecule has 0 aliphatic rings. The van der Waals surface area contributed by atoms with Crippen LogP contribution in [-0.2, 0) is 0 Å². The van der Waals surface area contributed by atoms with Crippen molar-refractivity contribution in [1.29, 1.82) is 0 Å². The molecule has 0 aliphatic carbocycles. The minimum absolute atomic E-state index is 0.271. The number of unbranched alkanes of at least 4 members (excludes halogenated alkanes) is 1. The second kappa shape index (κ2) is 6.26. The lowest BCUT2D eigenvalue weighted by Crippen LogP contribution is -2.09. The lowest BCUT2D eigenvalue weighted by Gasteiger charge is -2.15. The van der Waals surface area contributed by atoms with Gasteiger partial charge in [-0.2, -0.15) is 0 Å². The zero-order valence-electron chi connectivity index (χ0n) is 9.94. The van der Waals surface area contributed by atoms with Crippen LogP contribution in [-0.4, -0.2) is 16.1 Å². The van der Waals surface area contributed by atoms with Crippen LogP contribution in [0, 0.1) is 0 Å². The van der Waals surface area contributed by atoms with Gasteiger partial charge in [-0.05, 0) is 25.0 Å². The molecule has 1 aromatic rings. The van der Waals surface area contributed by atoms with Gasteiger partial charge in [0.2, 0.25) is 0 Å². The number of carboxylic acid groups (broad SMARTS) is 1. The van der Waals surface area contributed by atoms with Gasteiger partial charge in [0.05, 0.1) is 11.3 Å². The van der Waals surface area contributed by atoms with Crippen molar-refractivity contribution in [3.05, 3.63) is 29.6 Å². The Balaban J connectivity index is 2.94. The average Bonchev–Trinajstić information content (AvgIpc) is 2.30. The Labute approximate surface area is 96.5 Å². The SMILES string of the molecule is CCCCC(CC)c1ncccc1C(=O)O. The Morgan fingerprint density at radius 3 is 2.81 bits per heavy atom. The monoisotopic (exact) mass is 221 g/mol. The first-order valence-electron chi connectivity index (χ1n) is 5.88. The van der Waals surface area contributed by atoms with Crippen molar-refractivity contribution < 1.29 is 9.90 Å². The van der Waals surface area contributed by atoms with Gasteiger partial charge < -0.3 is 5.11 Å². The summed E-state index contributed by atoms with van der Waals surface area (Å²) in [4.78, 5) is 15.3. The number of aromatic nitrogens is 1. The fourth-order valence-electron chi connectivity index (χ4n) is 1.91. The molecule has 16 heavy (non-hydrogen) atoms. The Hall–Kier alpha value is -1.38. The molecule has 1 rings (SSSR count). The van der Waals surface area contributed by atoms with E-state index < -0.39 is 5.97 Å². The highest BCUT2D eigenvalue weighted by Gasteiger charge is 2.18. The summed E-state index contributed by atoms with van der Waals surface area (Å²) in [6.07, 6.45) is 5.89. The molecule has 0 amide bonds. The minimum Gasteiger partial charge on any atom is -0.478 e. The summed E-state index contributed by atoms with van der Waals surface area (Å²) >= 11 is 0. The van der Waals surface area contributed by atoms with Crippen LogP contribution in [0.15, 0.2) is 18.3 Å². The van der Waals surface area contributed by atoms with Gasteiger partial charge in [0, 0.05) is 12.1 Å². The zero-order valence-corrected chi connectivity index (χ0v) is 9.94. The van der Waals surface area contributed by atoms with Gasteiger partial charge in [-0.15, -0.1) is 0 Å². The topological polar surface area (TPSA) is 50.2 Å². The first kappa shape index (κ1) is 12.7. The van der Waals surface area contributed by atoms with Gasteiger partial charge in [0.1, 0.15) is 0 Å². The third-order valence-electron chi connectivity index (χ3n) is 2.85. The smallest absolute Gasteiger partial charge is 0.337 e. The average molecular weight is 221 g/mol. The Morgan fingerprint density at radius 1 is 1.50 bits per heavy atom. The fourth-order valence-corrected chi connectivity index (χ4v) is 1.91. The van der Waals surface area contributed by atoms with Crippen LogP contribution in [0.1, 0.15) is 61.5 Å². The molecule has 0 saturated heterocycles. The highest BCUT2D eigenvalue weighted by Crippen LogP contribution is 2.26. The molecule has 88 valence electrons. The quantitative estimate of drug-likeness (QED) is 0.800. The van der Waals surface area contributed by atoms with Crippen LogP contribution >= 0.6 is 0 Å². The molecular formula is C13H19NO2. The second-order valence-electron chi connectivity index (χ2n) is 3.99. The van der Waals surface area contributed by atoms with Gasteiger partial charge >= 0.3 is 5.97 Å². The molecule has 1 aromatic heterocycles. The molecule has 0 aliphatic heterocycles. The molecule has 3 nitrogen and oxygen atoms in total. The van der Waals surface area contributed by atoms with Crippen molar-refractivity contribution in [2.24, 2.45) is 0 Å². The Bertz CT molecular complexity index is 350. The fraction of sp³-hybridized carbons (Fsp3) is 0.538. The lowest BCUT2D eigenvalue weighted by atomic mass is 9.92. The van der Waals surface area contributed by atoms with Gasteiger partial charge in [-0.1, -0.05) is 26.7 Å². The molecule has 0 saturated carbocycles. The number of aromatic carboxylic acids is 1. The number of hydrogen-bond acceptors (Lipinski definition) is 2. The highest BCUT2D eigenvalue weighted by atomic mass is 16.4. The molecule has 0 radical (unpaired) electrons. The van der Waals surface area contributed by atoms with Crippen LogP contribution in [0.25, 0.3) is 0 Å². The maximum atomic E-state index is 11.1. The van der Waals surface area contributed by atoms with Gasteiger partial charge in [-0.25, -0.2) is 4.79 Å². The first-order valence-corrected chi connectivity index (χ1v) is 5.88. The van der Waals surface area contributed by atoms with E-state index >= 15 is 0 Å². The Kier molecular flexibility index (Phi) is 4.96. The zero-order chi connectivity index (χ0) is 12.0. The van der Waals surface area contributed by atoms with E-state index in [4.69, 9.17) is 5.11 Å². The standard InChI is InChI=1S/C13H19NO2/c1-3-5-7-10(4-2)12-11(13(15)16)8-6-9-14-12/h6,8-10H,3-5,7H2,1-2H3,(H,15,16). The number of nitrogens with zero attached hydrogens (tertiary/aromatic N) is 1. The van der Waals surface area contributed by atoms with Crippen molar-refractivity contribution >= 4 is 5.97 Å². The van der Waals surface area contributed by atoms with Crippen molar-refractivity contribution in [2.75, 3.05) is 0 Å². The molecule has 1 unspecified atom stereocenters. The second-order valence-corrected chi connectivity index (χ2v) is 3.99. The summed E-state index contributed by atoms with van der Waals surface area (Å²) in [6.45, 7) is 4.23. The van der Waals surface area contributed by atoms with Gasteiger partial charge in [0.25, 0.3) is 0 Å². The molecular weight excluding hydrogens is 202 g/mol. The third kappa shape index (κ3) is 3.05. The first-order chi connectivity index (χ1) is 7.70. The van der Waals surface area contributed by atoms with Crippen LogP contribution in [0.5, 0.6) is 0 Å². The summed E-state index contributed by atoms with van der Waals surface area (Å²) in [5, 5.41) is 9.10. The van der Waals surface area contributed by atoms with Crippen molar-refractivity contribution in [3.63, 3.8) is 0 Å². The van der Waals surface area contributed by atoms with Crippen LogP contribution in [0.2, 0.25) is 0 Å². The van der Waals surface area contributed by atoms with E-state index in [1.807, 2.05) is 0 Å². The van der Waals surface area contributed by atoms with Gasteiger partial charge in [0.15, 0.2) is 0 Å². The van der Waals surface area contributed by atoms with Crippen molar-refractivity contribution in [1.82, 2.24) is 4.98 Å². The summed E-state index contributed by atoms with van der Waals surface area (Å²) in [5.41, 5.74) is 1.09. The van der Waals surface area contributed by atoms with Gasteiger partial charge in [-0.3, -0.25) is 4.98 Å². The van der Waals surface area contributed by atoms with E-state index in [9.17, 15) is 4.79 Å². The van der Waals surface area contributed by atoms with E-state index in [1.165, 1.54) is 0 Å². The van der Waals surface area contributed by atoms with Crippen LogP contribution in [0.4, 0.5) is 0 Å². The van der Waals surface area contributed by atoms with Crippen LogP contribution < -0.4 is 0 Å².